The number of aliphatic hydroxyl groups is 1. The van der Waals surface area contributed by atoms with E-state index in [1.54, 1.807) is 22.7 Å². The predicted octanol–water partition coefficient (Wildman–Crippen LogP) is 4.12. The van der Waals surface area contributed by atoms with E-state index in [1.165, 1.54) is 12.1 Å². The van der Waals surface area contributed by atoms with Crippen LogP contribution in [0.25, 0.3) is 10.6 Å². The summed E-state index contributed by atoms with van der Waals surface area (Å²) in [4.78, 5) is 22.5. The summed E-state index contributed by atoms with van der Waals surface area (Å²) in [6.45, 7) is 4.76. The second-order valence-electron chi connectivity index (χ2n) is 8.12. The molecule has 0 spiro atoms. The monoisotopic (exact) mass is 590 g/mol. The molecule has 0 saturated carbocycles. The zero-order valence-electron chi connectivity index (χ0n) is 20.7. The molecule has 3 heterocycles. The van der Waals surface area contributed by atoms with Gasteiger partial charge in [-0.25, -0.2) is 14.2 Å². The van der Waals surface area contributed by atoms with Gasteiger partial charge in [0.15, 0.2) is 15.9 Å². The smallest absolute Gasteiger partial charge is 0.389 e. The summed E-state index contributed by atoms with van der Waals surface area (Å²) < 4.78 is 52.3. The Labute approximate surface area is 229 Å². The maximum Gasteiger partial charge on any atom is 0.475 e. The van der Waals surface area contributed by atoms with Crippen molar-refractivity contribution in [3.8, 4) is 10.6 Å². The van der Waals surface area contributed by atoms with Crippen LogP contribution in [0.15, 0.2) is 34.5 Å². The zero-order valence-corrected chi connectivity index (χ0v) is 23.1. The van der Waals surface area contributed by atoms with E-state index in [0.717, 1.165) is 84.2 Å². The van der Waals surface area contributed by atoms with Crippen LogP contribution in [0.5, 0.6) is 0 Å². The van der Waals surface area contributed by atoms with Crippen LogP contribution in [0, 0.1) is 0 Å². The predicted molar refractivity (Wildman–Crippen MR) is 143 cm³/mol. The number of rotatable bonds is 10. The van der Waals surface area contributed by atoms with Crippen molar-refractivity contribution in [2.24, 2.45) is 0 Å². The van der Waals surface area contributed by atoms with Gasteiger partial charge in [0.25, 0.3) is 0 Å². The van der Waals surface area contributed by atoms with Gasteiger partial charge >= 0.3 is 5.51 Å². The van der Waals surface area contributed by atoms with Crippen molar-refractivity contribution < 1.29 is 32.0 Å². The summed E-state index contributed by atoms with van der Waals surface area (Å²) in [6.07, 6.45) is 2.76. The third-order valence-electron chi connectivity index (χ3n) is 5.49. The van der Waals surface area contributed by atoms with Gasteiger partial charge in [-0.3, -0.25) is 4.90 Å². The number of anilines is 1. The van der Waals surface area contributed by atoms with Gasteiger partial charge in [-0.2, -0.15) is 13.2 Å². The second kappa shape index (κ2) is 14.8. The number of alkyl halides is 3. The Morgan fingerprint density at radius 3 is 2.50 bits per heavy atom. The van der Waals surface area contributed by atoms with E-state index in [2.05, 4.69) is 20.2 Å². The summed E-state index contributed by atoms with van der Waals surface area (Å²) in [5.41, 5.74) is -2.14. The highest BCUT2D eigenvalue weighted by atomic mass is 32.2. The third kappa shape index (κ3) is 8.92. The van der Waals surface area contributed by atoms with Gasteiger partial charge in [-0.05, 0) is 37.1 Å². The highest BCUT2D eigenvalue weighted by Crippen LogP contribution is 2.33. The number of aldehydes is 1. The summed E-state index contributed by atoms with van der Waals surface area (Å²) in [6, 6.07) is 4.94. The number of benzene rings is 1. The normalized spacial score (nSPS) is 15.0. The molecule has 1 unspecified atom stereocenters. The first-order valence-corrected chi connectivity index (χ1v) is 14.6. The van der Waals surface area contributed by atoms with E-state index in [1.807, 2.05) is 12.4 Å². The molecule has 1 aromatic carbocycles. The van der Waals surface area contributed by atoms with Crippen LogP contribution in [-0.4, -0.2) is 75.9 Å². The maximum absolute atomic E-state index is 12.0. The van der Waals surface area contributed by atoms with Crippen LogP contribution in [-0.2, 0) is 39.8 Å². The van der Waals surface area contributed by atoms with E-state index in [9.17, 15) is 27.3 Å². The average Bonchev–Trinajstić information content (AvgIpc) is 3.56. The fraction of sp³-hybridized carbons (Fsp3) is 0.458. The van der Waals surface area contributed by atoms with E-state index >= 15 is 0 Å². The number of aryl methyl sites for hydroxylation is 1. The van der Waals surface area contributed by atoms with Gasteiger partial charge in [0, 0.05) is 36.8 Å². The minimum atomic E-state index is -4.74. The summed E-state index contributed by atoms with van der Waals surface area (Å²) >= 11 is 3.13. The van der Waals surface area contributed by atoms with Crippen molar-refractivity contribution in [1.29, 1.82) is 0 Å². The minimum absolute atomic E-state index is 0.00977. The molecule has 2 N–H and O–H groups in total. The lowest BCUT2D eigenvalue weighted by molar-refractivity contribution is -0.107. The highest BCUT2D eigenvalue weighted by Gasteiger charge is 2.37. The molecule has 8 nitrogen and oxygen atoms in total. The largest absolute Gasteiger partial charge is 0.475 e. The van der Waals surface area contributed by atoms with Gasteiger partial charge in [0.05, 0.1) is 36.1 Å². The number of carbonyl (C=O) groups excluding carboxylic acids is 1. The SMILES string of the molecule is CNc1nc(-c2sc(CO)nc2CCCN2CCOCC2)cs1.O=CCc1ccc(S(=O)C(F)(F)F)cc1. The zero-order chi connectivity index (χ0) is 27.5. The molecular weight excluding hydrogens is 561 g/mol. The second-order valence-corrected chi connectivity index (χ2v) is 11.5. The first-order valence-electron chi connectivity index (χ1n) is 11.8. The molecule has 0 amide bonds. The molecule has 1 fully saturated rings. The van der Waals surface area contributed by atoms with E-state index in [-0.39, 0.29) is 17.9 Å². The number of carbonyl (C=O) groups is 1. The summed E-state index contributed by atoms with van der Waals surface area (Å²) in [5.74, 6) is 0. The molecule has 1 atom stereocenters. The van der Waals surface area contributed by atoms with Crippen LogP contribution >= 0.6 is 22.7 Å². The number of aromatic nitrogens is 2. The lowest BCUT2D eigenvalue weighted by atomic mass is 10.2. The van der Waals surface area contributed by atoms with E-state index in [4.69, 9.17) is 4.74 Å². The number of hydrogen-bond donors (Lipinski definition) is 2. The molecule has 0 bridgehead atoms. The van der Waals surface area contributed by atoms with Gasteiger partial charge < -0.3 is 20.0 Å². The van der Waals surface area contributed by atoms with Crippen LogP contribution in [0.3, 0.4) is 0 Å². The first-order chi connectivity index (χ1) is 18.2. The molecule has 0 radical (unpaired) electrons. The highest BCUT2D eigenvalue weighted by molar-refractivity contribution is 7.86. The summed E-state index contributed by atoms with van der Waals surface area (Å²) in [5, 5.41) is 16.2. The minimum Gasteiger partial charge on any atom is -0.389 e. The molecule has 4 rings (SSSR count). The maximum atomic E-state index is 12.0. The number of thiazole rings is 2. The standard InChI is InChI=1S/C15H22N4O2S2.C9H7F3O2S/c1-16-15-18-12(10-22-15)14-11(17-13(9-20)23-14)3-2-4-19-5-7-21-8-6-19;10-9(11,12)15(14)8-3-1-7(2-4-8)5-6-13/h10,20H,2-9H2,1H3,(H,16,18);1-4,6H,5H2. The molecule has 1 aliphatic rings. The number of nitrogens with one attached hydrogen (secondary N) is 1. The molecule has 38 heavy (non-hydrogen) atoms. The Bertz CT molecular complexity index is 1180. The number of halogens is 3. The Morgan fingerprint density at radius 2 is 1.92 bits per heavy atom. The number of nitrogens with zero attached hydrogens (tertiary/aromatic N) is 3. The van der Waals surface area contributed by atoms with Crippen molar-refractivity contribution in [1.82, 2.24) is 14.9 Å². The van der Waals surface area contributed by atoms with Crippen molar-refractivity contribution in [2.75, 3.05) is 45.2 Å². The lowest BCUT2D eigenvalue weighted by Gasteiger charge is -2.26. The number of hydrogen-bond acceptors (Lipinski definition) is 10. The molecular formula is C24H29F3N4O4S3. The third-order valence-corrected chi connectivity index (χ3v) is 8.57. The van der Waals surface area contributed by atoms with Crippen LogP contribution in [0.1, 0.15) is 22.7 Å². The Hall–Kier alpha value is -2.23. The van der Waals surface area contributed by atoms with Crippen molar-refractivity contribution in [2.45, 2.75) is 36.3 Å². The molecule has 2 aromatic heterocycles. The van der Waals surface area contributed by atoms with Gasteiger partial charge in [-0.15, -0.1) is 22.7 Å². The van der Waals surface area contributed by atoms with Crippen LogP contribution in [0.4, 0.5) is 18.3 Å². The van der Waals surface area contributed by atoms with Crippen molar-refractivity contribution in [3.63, 3.8) is 0 Å². The Balaban J connectivity index is 0.000000232. The average molecular weight is 591 g/mol. The Kier molecular flexibility index (Phi) is 11.8. The molecule has 14 heteroatoms. The fourth-order valence-electron chi connectivity index (χ4n) is 3.60. The first kappa shape index (κ1) is 30.3. The number of ether oxygens (including phenoxy) is 1. The van der Waals surface area contributed by atoms with Crippen molar-refractivity contribution >= 4 is 44.9 Å². The van der Waals surface area contributed by atoms with Crippen LogP contribution in [0.2, 0.25) is 0 Å². The van der Waals surface area contributed by atoms with Gasteiger partial charge in [-0.1, -0.05) is 12.1 Å². The molecule has 1 saturated heterocycles. The van der Waals surface area contributed by atoms with Crippen molar-refractivity contribution in [3.05, 3.63) is 45.9 Å². The number of aliphatic hydroxyl groups excluding tert-OH is 1. The van der Waals surface area contributed by atoms with E-state index in [0.29, 0.717) is 11.8 Å². The lowest BCUT2D eigenvalue weighted by Crippen LogP contribution is -2.36. The fourth-order valence-corrected chi connectivity index (χ4v) is 5.92. The van der Waals surface area contributed by atoms with Gasteiger partial charge in [0.2, 0.25) is 0 Å². The molecule has 1 aliphatic heterocycles. The topological polar surface area (TPSA) is 105 Å². The Morgan fingerprint density at radius 1 is 1.21 bits per heavy atom. The van der Waals surface area contributed by atoms with E-state index < -0.39 is 16.3 Å². The number of morpholine rings is 1. The molecule has 208 valence electrons. The van der Waals surface area contributed by atoms with Crippen LogP contribution < -0.4 is 5.32 Å². The molecule has 3 aromatic rings. The quantitative estimate of drug-likeness (QED) is 0.340. The van der Waals surface area contributed by atoms with Gasteiger partial charge in [0.1, 0.15) is 11.3 Å². The summed E-state index contributed by atoms with van der Waals surface area (Å²) in [7, 11) is -1.13. The molecule has 0 aliphatic carbocycles.